The molecule has 1 aliphatic heterocycles. The quantitative estimate of drug-likeness (QED) is 0.616. The van der Waals surface area contributed by atoms with Crippen LogP contribution in [0.1, 0.15) is 20.8 Å². The van der Waals surface area contributed by atoms with Crippen LogP contribution in [-0.4, -0.2) is 37.1 Å². The highest BCUT2D eigenvalue weighted by Gasteiger charge is 2.34. The van der Waals surface area contributed by atoms with Crippen molar-refractivity contribution in [3.63, 3.8) is 0 Å². The Balaban J connectivity index is 2.37. The van der Waals surface area contributed by atoms with Gasteiger partial charge in [0, 0.05) is 13.0 Å². The minimum atomic E-state index is -0.803. The van der Waals surface area contributed by atoms with Gasteiger partial charge in [0.2, 0.25) is 0 Å². The molecule has 22 heavy (non-hydrogen) atoms. The maximum absolute atomic E-state index is 12.1. The van der Waals surface area contributed by atoms with Gasteiger partial charge in [-0.05, 0) is 26.0 Å². The number of ether oxygens (including phenoxy) is 3. The molecule has 1 aliphatic rings. The van der Waals surface area contributed by atoms with Gasteiger partial charge >= 0.3 is 11.9 Å². The molecule has 1 aromatic rings. The monoisotopic (exact) mass is 307 g/mol. The first-order chi connectivity index (χ1) is 10.4. The van der Waals surface area contributed by atoms with Crippen molar-refractivity contribution < 1.29 is 28.6 Å². The lowest BCUT2D eigenvalue weighted by molar-refractivity contribution is -0.145. The Kier molecular flexibility index (Phi) is 4.65. The highest BCUT2D eigenvalue weighted by atomic mass is 16.5. The molecule has 0 fully saturated rings. The van der Waals surface area contributed by atoms with Crippen molar-refractivity contribution in [2.75, 3.05) is 18.1 Å². The van der Waals surface area contributed by atoms with Crippen molar-refractivity contribution in [3.8, 4) is 11.5 Å². The van der Waals surface area contributed by atoms with E-state index in [2.05, 4.69) is 0 Å². The Bertz CT molecular complexity index is 612. The van der Waals surface area contributed by atoms with E-state index in [1.807, 2.05) is 0 Å². The topological polar surface area (TPSA) is 82.1 Å². The van der Waals surface area contributed by atoms with E-state index in [-0.39, 0.29) is 24.9 Å². The van der Waals surface area contributed by atoms with Crippen LogP contribution in [0.3, 0.4) is 0 Å². The van der Waals surface area contributed by atoms with Gasteiger partial charge in [-0.25, -0.2) is 4.79 Å². The molecule has 2 rings (SSSR count). The fourth-order valence-electron chi connectivity index (χ4n) is 2.17. The van der Waals surface area contributed by atoms with Crippen LogP contribution in [0.25, 0.3) is 0 Å². The number of benzene rings is 1. The third-order valence-corrected chi connectivity index (χ3v) is 3.09. The fraction of sp³-hybridized carbons (Fsp3) is 0.400. The Morgan fingerprint density at radius 2 is 2.14 bits per heavy atom. The number of carbonyl (C=O) groups excluding carboxylic acids is 3. The van der Waals surface area contributed by atoms with Gasteiger partial charge in [0.25, 0.3) is 5.91 Å². The smallest absolute Gasteiger partial charge is 0.328 e. The van der Waals surface area contributed by atoms with E-state index in [0.717, 1.165) is 0 Å². The molecule has 0 N–H and O–H groups in total. The van der Waals surface area contributed by atoms with Crippen molar-refractivity contribution in [1.29, 1.82) is 0 Å². The van der Waals surface area contributed by atoms with Crippen LogP contribution in [0.15, 0.2) is 18.2 Å². The first-order valence-electron chi connectivity index (χ1n) is 6.88. The van der Waals surface area contributed by atoms with E-state index < -0.39 is 18.0 Å². The van der Waals surface area contributed by atoms with Crippen LogP contribution in [-0.2, 0) is 19.1 Å². The molecule has 1 aromatic carbocycles. The van der Waals surface area contributed by atoms with E-state index in [4.69, 9.17) is 14.2 Å². The zero-order chi connectivity index (χ0) is 16.3. The Labute approximate surface area is 127 Å². The summed E-state index contributed by atoms with van der Waals surface area (Å²) in [6, 6.07) is 3.83. The number of amides is 1. The second-order valence-corrected chi connectivity index (χ2v) is 4.70. The van der Waals surface area contributed by atoms with E-state index in [1.165, 1.54) is 17.9 Å². The summed E-state index contributed by atoms with van der Waals surface area (Å²) in [6.07, 6.45) is 0. The molecule has 1 unspecified atom stereocenters. The molecule has 0 aliphatic carbocycles. The van der Waals surface area contributed by atoms with Crippen LogP contribution >= 0.6 is 0 Å². The molecule has 0 saturated heterocycles. The third kappa shape index (κ3) is 3.19. The molecule has 0 aromatic heterocycles. The SMILES string of the molecule is CCOC(=O)C(C)N1C(=O)COc2ccc(OC(C)=O)cc21. The second kappa shape index (κ2) is 6.46. The number of hydrogen-bond donors (Lipinski definition) is 0. The van der Waals surface area contributed by atoms with E-state index in [0.29, 0.717) is 11.4 Å². The first-order valence-corrected chi connectivity index (χ1v) is 6.88. The molecule has 0 radical (unpaired) electrons. The van der Waals surface area contributed by atoms with Gasteiger partial charge in [0.1, 0.15) is 17.5 Å². The van der Waals surface area contributed by atoms with Crippen LogP contribution in [0.4, 0.5) is 5.69 Å². The van der Waals surface area contributed by atoms with E-state index >= 15 is 0 Å². The van der Waals surface area contributed by atoms with Gasteiger partial charge in [-0.3, -0.25) is 14.5 Å². The largest absolute Gasteiger partial charge is 0.482 e. The lowest BCUT2D eigenvalue weighted by atomic mass is 10.1. The number of esters is 2. The summed E-state index contributed by atoms with van der Waals surface area (Å²) in [4.78, 5) is 36.4. The third-order valence-electron chi connectivity index (χ3n) is 3.09. The Morgan fingerprint density at radius 3 is 2.77 bits per heavy atom. The van der Waals surface area contributed by atoms with Gasteiger partial charge in [-0.2, -0.15) is 0 Å². The molecular formula is C15H17NO6. The molecule has 0 spiro atoms. The Morgan fingerprint density at radius 1 is 1.41 bits per heavy atom. The molecular weight excluding hydrogens is 290 g/mol. The minimum Gasteiger partial charge on any atom is -0.482 e. The molecule has 0 saturated carbocycles. The van der Waals surface area contributed by atoms with Crippen molar-refractivity contribution in [3.05, 3.63) is 18.2 Å². The molecule has 118 valence electrons. The van der Waals surface area contributed by atoms with E-state index in [1.54, 1.807) is 26.0 Å². The molecule has 7 nitrogen and oxygen atoms in total. The van der Waals surface area contributed by atoms with E-state index in [9.17, 15) is 14.4 Å². The molecule has 1 atom stereocenters. The maximum Gasteiger partial charge on any atom is 0.328 e. The zero-order valence-corrected chi connectivity index (χ0v) is 12.6. The summed E-state index contributed by atoms with van der Waals surface area (Å²) in [5.41, 5.74) is 0.371. The predicted molar refractivity (Wildman–Crippen MR) is 76.8 cm³/mol. The predicted octanol–water partition coefficient (Wildman–Crippen LogP) is 1.29. The average molecular weight is 307 g/mol. The van der Waals surface area contributed by atoms with Crippen LogP contribution in [0, 0.1) is 0 Å². The number of anilines is 1. The summed E-state index contributed by atoms with van der Waals surface area (Å²) < 4.78 is 15.3. The maximum atomic E-state index is 12.1. The van der Waals surface area contributed by atoms with Gasteiger partial charge in [0.15, 0.2) is 6.61 Å². The van der Waals surface area contributed by atoms with Crippen LogP contribution < -0.4 is 14.4 Å². The van der Waals surface area contributed by atoms with Crippen molar-refractivity contribution >= 4 is 23.5 Å². The molecule has 1 amide bonds. The summed E-state index contributed by atoms with van der Waals surface area (Å²) in [5.74, 6) is -0.653. The lowest BCUT2D eigenvalue weighted by Gasteiger charge is -2.32. The summed E-state index contributed by atoms with van der Waals surface area (Å²) in [6.45, 7) is 4.60. The number of carbonyl (C=O) groups is 3. The molecule has 0 bridgehead atoms. The minimum absolute atomic E-state index is 0.163. The zero-order valence-electron chi connectivity index (χ0n) is 12.6. The number of fused-ring (bicyclic) bond motifs is 1. The van der Waals surface area contributed by atoms with Crippen LogP contribution in [0.5, 0.6) is 11.5 Å². The van der Waals surface area contributed by atoms with Crippen molar-refractivity contribution in [1.82, 2.24) is 0 Å². The van der Waals surface area contributed by atoms with Gasteiger partial charge in [-0.1, -0.05) is 0 Å². The Hall–Kier alpha value is -2.57. The highest BCUT2D eigenvalue weighted by molar-refractivity contribution is 6.03. The average Bonchev–Trinajstić information content (AvgIpc) is 2.46. The standard InChI is InChI=1S/C15H17NO6/c1-4-20-15(19)9(2)16-12-7-11(22-10(3)17)5-6-13(12)21-8-14(16)18/h5-7,9H,4,8H2,1-3H3. The number of rotatable bonds is 4. The number of hydrogen-bond acceptors (Lipinski definition) is 6. The number of nitrogens with zero attached hydrogens (tertiary/aromatic N) is 1. The lowest BCUT2D eigenvalue weighted by Crippen LogP contribution is -2.48. The fourth-order valence-corrected chi connectivity index (χ4v) is 2.17. The van der Waals surface area contributed by atoms with Gasteiger partial charge in [0.05, 0.1) is 12.3 Å². The first kappa shape index (κ1) is 15.8. The van der Waals surface area contributed by atoms with Gasteiger partial charge < -0.3 is 14.2 Å². The second-order valence-electron chi connectivity index (χ2n) is 4.70. The summed E-state index contributed by atoms with van der Waals surface area (Å²) >= 11 is 0. The molecule has 7 heteroatoms. The van der Waals surface area contributed by atoms with Crippen molar-refractivity contribution in [2.45, 2.75) is 26.8 Å². The van der Waals surface area contributed by atoms with Crippen LogP contribution in [0.2, 0.25) is 0 Å². The highest BCUT2D eigenvalue weighted by Crippen LogP contribution is 2.36. The normalized spacial score (nSPS) is 14.7. The van der Waals surface area contributed by atoms with Crippen molar-refractivity contribution in [2.24, 2.45) is 0 Å². The summed E-state index contributed by atoms with van der Waals surface area (Å²) in [7, 11) is 0. The van der Waals surface area contributed by atoms with Gasteiger partial charge in [-0.15, -0.1) is 0 Å². The molecule has 1 heterocycles. The summed E-state index contributed by atoms with van der Waals surface area (Å²) in [5, 5.41) is 0.